The van der Waals surface area contributed by atoms with Crippen LogP contribution in [0.3, 0.4) is 0 Å². The van der Waals surface area contributed by atoms with Gasteiger partial charge in [0.05, 0.1) is 0 Å². The zero-order chi connectivity index (χ0) is 8.55. The highest BCUT2D eigenvalue weighted by Crippen LogP contribution is 2.39. The van der Waals surface area contributed by atoms with Crippen molar-refractivity contribution in [2.45, 2.75) is 11.7 Å². The number of primary amides is 1. The van der Waals surface area contributed by atoms with Crippen LogP contribution in [-0.2, 0) is 4.79 Å². The molecule has 1 aliphatic heterocycles. The van der Waals surface area contributed by atoms with Crippen LogP contribution in [0.15, 0.2) is 23.8 Å². The van der Waals surface area contributed by atoms with Crippen molar-refractivity contribution in [2.75, 3.05) is 5.75 Å². The van der Waals surface area contributed by atoms with Gasteiger partial charge in [-0.15, -0.1) is 11.8 Å². The summed E-state index contributed by atoms with van der Waals surface area (Å²) < 4.78 is 0. The molecular formula is C9H11NOS. The second kappa shape index (κ2) is 2.98. The lowest BCUT2D eigenvalue weighted by atomic mass is 9.91. The Morgan fingerprint density at radius 3 is 3.25 bits per heavy atom. The summed E-state index contributed by atoms with van der Waals surface area (Å²) in [6.07, 6.45) is 7.29. The van der Waals surface area contributed by atoms with Crippen LogP contribution in [0, 0.1) is 5.92 Å². The van der Waals surface area contributed by atoms with Gasteiger partial charge in [0, 0.05) is 5.75 Å². The lowest BCUT2D eigenvalue weighted by molar-refractivity contribution is -0.116. The van der Waals surface area contributed by atoms with Crippen molar-refractivity contribution in [1.29, 1.82) is 0 Å². The number of thioether (sulfide) groups is 1. The molecule has 0 spiro atoms. The molecule has 2 atom stereocenters. The van der Waals surface area contributed by atoms with Crippen molar-refractivity contribution in [3.05, 3.63) is 23.8 Å². The number of hydrogen-bond donors (Lipinski definition) is 1. The first-order valence-corrected chi connectivity index (χ1v) is 5.11. The van der Waals surface area contributed by atoms with E-state index in [-0.39, 0.29) is 11.2 Å². The fourth-order valence-corrected chi connectivity index (χ4v) is 3.10. The molecule has 12 heavy (non-hydrogen) atoms. The predicted octanol–water partition coefficient (Wildman–Crippen LogP) is 1.09. The molecule has 0 aromatic rings. The lowest BCUT2D eigenvalue weighted by Gasteiger charge is -2.14. The van der Waals surface area contributed by atoms with Gasteiger partial charge in [0.25, 0.3) is 0 Å². The lowest BCUT2D eigenvalue weighted by Crippen LogP contribution is -2.26. The summed E-state index contributed by atoms with van der Waals surface area (Å²) in [5.74, 6) is 1.42. The maximum Gasteiger partial charge on any atom is 0.234 e. The number of allylic oxidation sites excluding steroid dienone is 3. The van der Waals surface area contributed by atoms with E-state index in [2.05, 4.69) is 6.08 Å². The van der Waals surface area contributed by atoms with Gasteiger partial charge in [0.15, 0.2) is 0 Å². The molecule has 0 bridgehead atoms. The second-order valence-corrected chi connectivity index (χ2v) is 4.28. The van der Waals surface area contributed by atoms with Crippen LogP contribution in [0.4, 0.5) is 0 Å². The van der Waals surface area contributed by atoms with E-state index in [9.17, 15) is 4.79 Å². The third-order valence-corrected chi connectivity index (χ3v) is 3.77. The van der Waals surface area contributed by atoms with Crippen LogP contribution in [-0.4, -0.2) is 16.9 Å². The maximum absolute atomic E-state index is 11.0. The Balaban J connectivity index is 2.25. The fourth-order valence-electron chi connectivity index (χ4n) is 1.71. The molecule has 1 aliphatic carbocycles. The van der Waals surface area contributed by atoms with Gasteiger partial charge in [-0.25, -0.2) is 0 Å². The second-order valence-electron chi connectivity index (χ2n) is 3.14. The largest absolute Gasteiger partial charge is 0.368 e. The zero-order valence-electron chi connectivity index (χ0n) is 6.69. The highest BCUT2D eigenvalue weighted by molar-refractivity contribution is 8.01. The Kier molecular flexibility index (Phi) is 1.97. The average Bonchev–Trinajstić information content (AvgIpc) is 2.47. The minimum Gasteiger partial charge on any atom is -0.368 e. The molecule has 2 rings (SSSR count). The number of rotatable bonds is 1. The Hall–Kier alpha value is -0.700. The number of nitrogens with two attached hydrogens (primary N) is 1. The van der Waals surface area contributed by atoms with Crippen LogP contribution in [0.2, 0.25) is 0 Å². The zero-order valence-corrected chi connectivity index (χ0v) is 7.51. The van der Waals surface area contributed by atoms with Crippen molar-refractivity contribution in [3.8, 4) is 0 Å². The van der Waals surface area contributed by atoms with Crippen molar-refractivity contribution in [1.82, 2.24) is 0 Å². The van der Waals surface area contributed by atoms with Gasteiger partial charge in [-0.3, -0.25) is 4.79 Å². The molecule has 3 heteroatoms. The van der Waals surface area contributed by atoms with E-state index in [0.717, 1.165) is 12.2 Å². The molecule has 1 heterocycles. The fraction of sp³-hybridized carbons (Fsp3) is 0.444. The van der Waals surface area contributed by atoms with Gasteiger partial charge in [-0.05, 0) is 17.9 Å². The number of amides is 1. The summed E-state index contributed by atoms with van der Waals surface area (Å²) in [6.45, 7) is 0. The molecule has 2 unspecified atom stereocenters. The topological polar surface area (TPSA) is 43.1 Å². The van der Waals surface area contributed by atoms with Gasteiger partial charge >= 0.3 is 0 Å². The molecule has 2 N–H and O–H groups in total. The number of carbonyl (C=O) groups excluding carboxylic acids is 1. The first-order chi connectivity index (χ1) is 5.79. The molecule has 1 saturated heterocycles. The Labute approximate surface area is 75.9 Å². The molecule has 64 valence electrons. The first-order valence-electron chi connectivity index (χ1n) is 4.06. The van der Waals surface area contributed by atoms with Gasteiger partial charge < -0.3 is 5.73 Å². The molecule has 1 fully saturated rings. The number of fused-ring (bicyclic) bond motifs is 1. The quantitative estimate of drug-likeness (QED) is 0.658. The van der Waals surface area contributed by atoms with Crippen LogP contribution < -0.4 is 5.73 Å². The minimum absolute atomic E-state index is 0.0556. The van der Waals surface area contributed by atoms with E-state index < -0.39 is 0 Å². The Morgan fingerprint density at radius 2 is 2.50 bits per heavy atom. The molecule has 2 aliphatic rings. The molecular weight excluding hydrogens is 170 g/mol. The number of carbonyl (C=O) groups is 1. The maximum atomic E-state index is 11.0. The summed E-state index contributed by atoms with van der Waals surface area (Å²) in [5, 5.41) is -0.0556. The summed E-state index contributed by atoms with van der Waals surface area (Å²) in [5.41, 5.74) is 6.51. The highest BCUT2D eigenvalue weighted by Gasteiger charge is 2.34. The summed E-state index contributed by atoms with van der Waals surface area (Å²) in [7, 11) is 0. The van der Waals surface area contributed by atoms with Gasteiger partial charge in [-0.1, -0.05) is 18.2 Å². The summed E-state index contributed by atoms with van der Waals surface area (Å²) >= 11 is 1.67. The van der Waals surface area contributed by atoms with Crippen LogP contribution >= 0.6 is 11.8 Å². The first kappa shape index (κ1) is 7.92. The van der Waals surface area contributed by atoms with E-state index in [1.54, 1.807) is 11.8 Å². The van der Waals surface area contributed by atoms with Crippen molar-refractivity contribution in [3.63, 3.8) is 0 Å². The summed E-state index contributed by atoms with van der Waals surface area (Å²) in [6, 6.07) is 0. The molecule has 0 aromatic carbocycles. The normalized spacial score (nSPS) is 32.8. The Bertz CT molecular complexity index is 270. The highest BCUT2D eigenvalue weighted by atomic mass is 32.2. The molecule has 1 amide bonds. The number of hydrogen-bond acceptors (Lipinski definition) is 2. The molecule has 0 aromatic heterocycles. The van der Waals surface area contributed by atoms with E-state index >= 15 is 0 Å². The molecule has 2 nitrogen and oxygen atoms in total. The van der Waals surface area contributed by atoms with Gasteiger partial charge in [-0.2, -0.15) is 0 Å². The van der Waals surface area contributed by atoms with Crippen molar-refractivity contribution < 1.29 is 4.79 Å². The third-order valence-electron chi connectivity index (χ3n) is 2.34. The van der Waals surface area contributed by atoms with Crippen LogP contribution in [0.25, 0.3) is 0 Å². The van der Waals surface area contributed by atoms with E-state index in [1.165, 1.54) is 5.57 Å². The molecule has 0 saturated carbocycles. The van der Waals surface area contributed by atoms with Crippen LogP contribution in [0.1, 0.15) is 6.42 Å². The Morgan fingerprint density at radius 1 is 1.67 bits per heavy atom. The standard InChI is InChI=1S/C9H11NOS/c10-9(11)8-7-4-2-1-3-6(7)5-12-8/h1-2,4,6,8H,3,5H2,(H2,10,11). The van der Waals surface area contributed by atoms with Gasteiger partial charge in [0.1, 0.15) is 5.25 Å². The van der Waals surface area contributed by atoms with Crippen molar-refractivity contribution >= 4 is 17.7 Å². The molecule has 0 radical (unpaired) electrons. The predicted molar refractivity (Wildman–Crippen MR) is 50.8 cm³/mol. The smallest absolute Gasteiger partial charge is 0.234 e. The SMILES string of the molecule is NC(=O)C1SCC2CC=CC=C21. The van der Waals surface area contributed by atoms with Crippen LogP contribution in [0.5, 0.6) is 0 Å². The van der Waals surface area contributed by atoms with Gasteiger partial charge in [0.2, 0.25) is 5.91 Å². The average molecular weight is 181 g/mol. The van der Waals surface area contributed by atoms with E-state index in [4.69, 9.17) is 5.73 Å². The van der Waals surface area contributed by atoms with E-state index in [1.807, 2.05) is 12.2 Å². The summed E-state index contributed by atoms with van der Waals surface area (Å²) in [4.78, 5) is 11.0. The minimum atomic E-state index is -0.191. The third kappa shape index (κ3) is 1.18. The monoisotopic (exact) mass is 181 g/mol. The van der Waals surface area contributed by atoms with Crippen molar-refractivity contribution in [2.24, 2.45) is 11.7 Å². The van der Waals surface area contributed by atoms with E-state index in [0.29, 0.717) is 5.92 Å².